The van der Waals surface area contributed by atoms with Crippen LogP contribution in [0.3, 0.4) is 0 Å². The van der Waals surface area contributed by atoms with E-state index in [1.807, 2.05) is 0 Å². The van der Waals surface area contributed by atoms with Gasteiger partial charge in [0.15, 0.2) is 0 Å². The molecule has 0 aromatic heterocycles. The molecule has 0 radical (unpaired) electrons. The predicted octanol–water partition coefficient (Wildman–Crippen LogP) is 0.482. The Hall–Kier alpha value is -1.74. The van der Waals surface area contributed by atoms with Crippen LogP contribution in [0, 0.1) is 0 Å². The number of thiol groups is 1. The Kier molecular flexibility index (Phi) is 6.50. The lowest BCUT2D eigenvalue weighted by Crippen LogP contribution is -2.43. The molecular weight excluding hydrogens is 334 g/mol. The molecule has 2 aliphatic rings. The number of nitrogens with one attached hydrogen (secondary N) is 2. The lowest BCUT2D eigenvalue weighted by atomic mass is 10.0. The summed E-state index contributed by atoms with van der Waals surface area (Å²) < 4.78 is 0. The second kappa shape index (κ2) is 8.39. The van der Waals surface area contributed by atoms with Crippen molar-refractivity contribution in [2.24, 2.45) is 0 Å². The Morgan fingerprint density at radius 3 is 2.75 bits per heavy atom. The quantitative estimate of drug-likeness (QED) is 0.373. The fourth-order valence-electron chi connectivity index (χ4n) is 2.77. The van der Waals surface area contributed by atoms with E-state index in [4.69, 9.17) is 4.84 Å². The average Bonchev–Trinajstić information content (AvgIpc) is 3.08. The van der Waals surface area contributed by atoms with E-state index in [0.717, 1.165) is 5.06 Å². The first-order valence-electron chi connectivity index (χ1n) is 8.00. The molecule has 0 spiro atoms. The molecule has 3 atom stereocenters. The van der Waals surface area contributed by atoms with Crippen LogP contribution in [-0.2, 0) is 14.4 Å². The van der Waals surface area contributed by atoms with Crippen LogP contribution in [0.2, 0.25) is 0 Å². The lowest BCUT2D eigenvalue weighted by Gasteiger charge is -2.22. The zero-order valence-electron chi connectivity index (χ0n) is 13.4. The minimum absolute atomic E-state index is 0.128. The number of aliphatic hydroxyl groups is 1. The largest absolute Gasteiger partial charge is 0.394 e. The van der Waals surface area contributed by atoms with Crippen molar-refractivity contribution in [2.75, 3.05) is 6.61 Å². The maximum atomic E-state index is 11.8. The normalized spacial score (nSPS) is 24.8. The van der Waals surface area contributed by atoms with E-state index in [1.165, 1.54) is 0 Å². The fourth-order valence-corrected chi connectivity index (χ4v) is 3.24. The number of unbranched alkanes of at least 4 members (excludes halogenated alkanes) is 1. The molecule has 9 heteroatoms. The highest BCUT2D eigenvalue weighted by atomic mass is 32.1. The SMILES string of the molecule is C=C1CCC(=O)N1OC(=O)CCCCC(S)C1NC(=O)NC1CO. The van der Waals surface area contributed by atoms with Crippen LogP contribution in [0.25, 0.3) is 0 Å². The van der Waals surface area contributed by atoms with E-state index in [2.05, 4.69) is 29.8 Å². The van der Waals surface area contributed by atoms with Gasteiger partial charge in [-0.15, -0.1) is 5.06 Å². The summed E-state index contributed by atoms with van der Waals surface area (Å²) in [5.41, 5.74) is 0.503. The van der Waals surface area contributed by atoms with Gasteiger partial charge in [0, 0.05) is 18.1 Å². The molecule has 24 heavy (non-hydrogen) atoms. The van der Waals surface area contributed by atoms with Crippen LogP contribution >= 0.6 is 12.6 Å². The zero-order valence-corrected chi connectivity index (χ0v) is 14.3. The second-order valence-corrected chi connectivity index (χ2v) is 6.63. The third-order valence-corrected chi connectivity index (χ3v) is 4.70. The lowest BCUT2D eigenvalue weighted by molar-refractivity contribution is -0.186. The van der Waals surface area contributed by atoms with Gasteiger partial charge in [-0.3, -0.25) is 4.79 Å². The minimum atomic E-state index is -0.466. The summed E-state index contributed by atoms with van der Waals surface area (Å²) in [6.07, 6.45) is 3.00. The van der Waals surface area contributed by atoms with E-state index in [-0.39, 0.29) is 42.3 Å². The number of carbonyl (C=O) groups excluding carboxylic acids is 3. The zero-order chi connectivity index (χ0) is 17.7. The number of amides is 3. The molecule has 2 heterocycles. The van der Waals surface area contributed by atoms with E-state index < -0.39 is 5.97 Å². The number of nitrogens with zero attached hydrogens (tertiary/aromatic N) is 1. The van der Waals surface area contributed by atoms with Gasteiger partial charge < -0.3 is 20.6 Å². The maximum Gasteiger partial charge on any atom is 0.333 e. The van der Waals surface area contributed by atoms with Crippen LogP contribution in [0.5, 0.6) is 0 Å². The summed E-state index contributed by atoms with van der Waals surface area (Å²) in [6.45, 7) is 3.53. The second-order valence-electron chi connectivity index (χ2n) is 5.96. The molecule has 8 nitrogen and oxygen atoms in total. The first-order chi connectivity index (χ1) is 11.4. The number of hydrogen-bond donors (Lipinski definition) is 4. The molecule has 0 bridgehead atoms. The summed E-state index contributed by atoms with van der Waals surface area (Å²) in [6, 6.07) is -0.905. The molecule has 3 N–H and O–H groups in total. The van der Waals surface area contributed by atoms with Crippen molar-refractivity contribution in [2.45, 2.75) is 55.9 Å². The van der Waals surface area contributed by atoms with Crippen LogP contribution in [0.1, 0.15) is 38.5 Å². The van der Waals surface area contributed by atoms with Crippen LogP contribution in [0.4, 0.5) is 4.79 Å². The van der Waals surface area contributed by atoms with E-state index >= 15 is 0 Å². The monoisotopic (exact) mass is 357 g/mol. The number of carbonyl (C=O) groups is 3. The summed E-state index contributed by atoms with van der Waals surface area (Å²) >= 11 is 4.47. The topological polar surface area (TPSA) is 108 Å². The van der Waals surface area contributed by atoms with E-state index in [0.29, 0.717) is 37.8 Å². The Labute approximate surface area is 146 Å². The first kappa shape index (κ1) is 18.6. The van der Waals surface area contributed by atoms with Gasteiger partial charge in [-0.05, 0) is 19.3 Å². The summed E-state index contributed by atoms with van der Waals surface area (Å²) in [7, 11) is 0. The highest BCUT2D eigenvalue weighted by Crippen LogP contribution is 2.22. The highest BCUT2D eigenvalue weighted by Gasteiger charge is 2.35. The molecule has 2 fully saturated rings. The molecule has 3 amide bonds. The van der Waals surface area contributed by atoms with Gasteiger partial charge in [-0.25, -0.2) is 9.59 Å². The standard InChI is InChI=1S/C15H23N3O5S/c1-9-6-7-12(20)18(9)23-13(21)5-3-2-4-11(24)14-10(8-19)16-15(22)17-14/h10-11,14,19,24H,1-8H2,(H2,16,17,22). The van der Waals surface area contributed by atoms with Gasteiger partial charge in [0.1, 0.15) is 0 Å². The van der Waals surface area contributed by atoms with Crippen molar-refractivity contribution in [1.82, 2.24) is 15.7 Å². The van der Waals surface area contributed by atoms with Crippen LogP contribution in [-0.4, -0.2) is 52.0 Å². The van der Waals surface area contributed by atoms with Gasteiger partial charge in [-0.2, -0.15) is 12.6 Å². The number of aliphatic hydroxyl groups excluding tert-OH is 1. The third kappa shape index (κ3) is 4.64. The number of hydroxylamine groups is 2. The van der Waals surface area contributed by atoms with Crippen molar-refractivity contribution in [3.05, 3.63) is 12.3 Å². The van der Waals surface area contributed by atoms with Crippen LogP contribution in [0.15, 0.2) is 12.3 Å². The van der Waals surface area contributed by atoms with Gasteiger partial charge in [0.25, 0.3) is 5.91 Å². The molecule has 0 aliphatic carbocycles. The number of rotatable bonds is 8. The Balaban J connectivity index is 1.65. The van der Waals surface area contributed by atoms with Crippen molar-refractivity contribution in [3.63, 3.8) is 0 Å². The molecule has 0 aromatic carbocycles. The molecule has 0 saturated carbocycles. The van der Waals surface area contributed by atoms with Crippen LogP contribution < -0.4 is 10.6 Å². The molecule has 134 valence electrons. The van der Waals surface area contributed by atoms with Gasteiger partial charge >= 0.3 is 12.0 Å². The van der Waals surface area contributed by atoms with Gasteiger partial charge in [0.05, 0.1) is 24.4 Å². The Morgan fingerprint density at radius 1 is 1.38 bits per heavy atom. The van der Waals surface area contributed by atoms with E-state index in [1.54, 1.807) is 0 Å². The van der Waals surface area contributed by atoms with Gasteiger partial charge in [0.2, 0.25) is 0 Å². The molecule has 3 unspecified atom stereocenters. The molecule has 2 saturated heterocycles. The molecule has 0 aromatic rings. The Morgan fingerprint density at radius 2 is 2.12 bits per heavy atom. The van der Waals surface area contributed by atoms with Crippen molar-refractivity contribution >= 4 is 30.5 Å². The number of urea groups is 1. The number of hydrogen-bond acceptors (Lipinski definition) is 6. The third-order valence-electron chi connectivity index (χ3n) is 4.12. The number of allylic oxidation sites excluding steroid dienone is 1. The van der Waals surface area contributed by atoms with Crippen molar-refractivity contribution in [3.8, 4) is 0 Å². The molecule has 2 aliphatic heterocycles. The average molecular weight is 357 g/mol. The van der Waals surface area contributed by atoms with Crippen molar-refractivity contribution in [1.29, 1.82) is 0 Å². The smallest absolute Gasteiger partial charge is 0.333 e. The van der Waals surface area contributed by atoms with Gasteiger partial charge in [-0.1, -0.05) is 13.0 Å². The van der Waals surface area contributed by atoms with E-state index in [9.17, 15) is 19.5 Å². The molecule has 2 rings (SSSR count). The highest BCUT2D eigenvalue weighted by molar-refractivity contribution is 7.81. The summed E-state index contributed by atoms with van der Waals surface area (Å²) in [4.78, 5) is 39.6. The summed E-state index contributed by atoms with van der Waals surface area (Å²) in [5, 5.41) is 15.4. The Bertz CT molecular complexity index is 511. The molecular formula is C15H23N3O5S. The first-order valence-corrected chi connectivity index (χ1v) is 8.51. The minimum Gasteiger partial charge on any atom is -0.394 e. The predicted molar refractivity (Wildman–Crippen MR) is 88.9 cm³/mol. The van der Waals surface area contributed by atoms with Crippen molar-refractivity contribution < 1.29 is 24.3 Å². The summed E-state index contributed by atoms with van der Waals surface area (Å²) in [5.74, 6) is -0.713. The fraction of sp³-hybridized carbons (Fsp3) is 0.667. The maximum absolute atomic E-state index is 11.8.